The van der Waals surface area contributed by atoms with Crippen LogP contribution >= 0.6 is 0 Å². The van der Waals surface area contributed by atoms with E-state index < -0.39 is 46.2 Å². The van der Waals surface area contributed by atoms with Crippen molar-refractivity contribution in [3.8, 4) is 0 Å². The van der Waals surface area contributed by atoms with Crippen molar-refractivity contribution in [3.63, 3.8) is 0 Å². The second-order valence-electron chi connectivity index (χ2n) is 12.5. The van der Waals surface area contributed by atoms with Gasteiger partial charge < -0.3 is 29.4 Å². The highest BCUT2D eigenvalue weighted by Gasteiger charge is 2.47. The number of fused-ring (bicyclic) bond motifs is 3. The van der Waals surface area contributed by atoms with E-state index in [9.17, 15) is 28.5 Å². The Morgan fingerprint density at radius 3 is 2.63 bits per heavy atom. The molecule has 2 bridgehead atoms. The number of aliphatic hydroxyl groups is 1. The first kappa shape index (κ1) is 37.0. The van der Waals surface area contributed by atoms with Crippen LogP contribution in [-0.4, -0.2) is 111 Å². The van der Waals surface area contributed by atoms with Gasteiger partial charge in [0.15, 0.2) is 5.69 Å². The van der Waals surface area contributed by atoms with E-state index in [2.05, 4.69) is 10.3 Å². The normalized spacial score (nSPS) is 29.1. The van der Waals surface area contributed by atoms with Crippen LogP contribution in [0.2, 0.25) is 0 Å². The zero-order valence-electron chi connectivity index (χ0n) is 27.6. The monoisotopic (exact) mass is 660 g/mol. The SMILES string of the molecule is CC1=C\[C@@H](O)CC(=O)Cc2nc(co2)C(=O)N2CCC(S(=O)CCCN(C)C)[C@@H]2C(=O)OC(C(C)C)[C@H](C)/C=C/C(=O)NC\C=C\1. The molecule has 3 unspecified atom stereocenters. The van der Waals surface area contributed by atoms with E-state index in [1.807, 2.05) is 39.8 Å². The summed E-state index contributed by atoms with van der Waals surface area (Å²) < 4.78 is 25.0. The number of oxazole rings is 1. The number of esters is 1. The molecule has 1 saturated heterocycles. The lowest BCUT2D eigenvalue weighted by molar-refractivity contribution is -0.157. The van der Waals surface area contributed by atoms with Crippen molar-refractivity contribution in [1.29, 1.82) is 0 Å². The summed E-state index contributed by atoms with van der Waals surface area (Å²) >= 11 is 0. The minimum absolute atomic E-state index is 0.0119. The number of amides is 2. The van der Waals surface area contributed by atoms with Gasteiger partial charge >= 0.3 is 5.97 Å². The van der Waals surface area contributed by atoms with Crippen LogP contribution < -0.4 is 5.32 Å². The van der Waals surface area contributed by atoms with E-state index in [0.29, 0.717) is 24.2 Å². The van der Waals surface area contributed by atoms with Gasteiger partial charge in [0, 0.05) is 42.0 Å². The predicted octanol–water partition coefficient (Wildman–Crippen LogP) is 2.21. The fraction of sp³-hybridized carbons (Fsp3) is 0.606. The molecule has 3 rings (SSSR count). The standard InChI is InChI=1S/C33H48N4O8S/c1-21(2)31-23(4)10-11-28(40)34-13-7-9-22(3)17-24(38)18-25(39)19-29-35-26(20-44-29)32(41)37-15-12-27(30(37)33(42)45-31)46(43)16-8-14-36(5)6/h7,9-11,17,20-21,23-24,27,30-31,38H,8,12-16,18-19H2,1-6H3,(H,34,40)/b9-7+,11-10+,22-17+/t23-,24-,27?,30-,31?,46?/m1/s1. The van der Waals surface area contributed by atoms with Gasteiger partial charge in [0.05, 0.1) is 17.8 Å². The highest BCUT2D eigenvalue weighted by Crippen LogP contribution is 2.29. The van der Waals surface area contributed by atoms with Gasteiger partial charge in [0.25, 0.3) is 5.91 Å². The summed E-state index contributed by atoms with van der Waals surface area (Å²) in [4.78, 5) is 60.3. The van der Waals surface area contributed by atoms with Crippen LogP contribution in [0.1, 0.15) is 63.3 Å². The number of Topliss-reactive ketones (excluding diaryl/α,β-unsaturated/α-hetero) is 1. The molecule has 2 N–H and O–H groups in total. The van der Waals surface area contributed by atoms with Crippen LogP contribution in [-0.2, 0) is 36.3 Å². The highest BCUT2D eigenvalue weighted by molar-refractivity contribution is 7.85. The van der Waals surface area contributed by atoms with E-state index in [4.69, 9.17) is 9.15 Å². The quantitative estimate of drug-likeness (QED) is 0.433. The summed E-state index contributed by atoms with van der Waals surface area (Å²) in [5, 5.41) is 12.5. The van der Waals surface area contributed by atoms with Gasteiger partial charge in [-0.3, -0.25) is 18.6 Å². The zero-order valence-corrected chi connectivity index (χ0v) is 28.5. The Labute approximate surface area is 273 Å². The summed E-state index contributed by atoms with van der Waals surface area (Å²) in [5.41, 5.74) is 0.627. The minimum atomic E-state index is -1.42. The first-order valence-corrected chi connectivity index (χ1v) is 17.1. The molecule has 2 aliphatic rings. The Morgan fingerprint density at radius 1 is 1.20 bits per heavy atom. The number of aromatic nitrogens is 1. The Bertz CT molecular complexity index is 1350. The van der Waals surface area contributed by atoms with Crippen LogP contribution in [0.25, 0.3) is 0 Å². The lowest BCUT2D eigenvalue weighted by atomic mass is 9.94. The smallest absolute Gasteiger partial charge is 0.330 e. The second kappa shape index (κ2) is 17.5. The number of nitrogens with zero attached hydrogens (tertiary/aromatic N) is 3. The molecule has 46 heavy (non-hydrogen) atoms. The Balaban J connectivity index is 1.95. The highest BCUT2D eigenvalue weighted by atomic mass is 32.2. The van der Waals surface area contributed by atoms with Crippen LogP contribution in [0.15, 0.2) is 46.6 Å². The molecule has 1 aromatic rings. The maximum atomic E-state index is 13.9. The molecular weight excluding hydrogens is 612 g/mol. The van der Waals surface area contributed by atoms with Crippen molar-refractivity contribution in [2.45, 2.75) is 76.9 Å². The number of ether oxygens (including phenoxy) is 1. The fourth-order valence-electron chi connectivity index (χ4n) is 5.62. The van der Waals surface area contributed by atoms with Crippen LogP contribution in [0.4, 0.5) is 0 Å². The molecular formula is C33H48N4O8S. The van der Waals surface area contributed by atoms with E-state index in [0.717, 1.165) is 12.8 Å². The average Bonchev–Trinajstić information content (AvgIpc) is 3.63. The largest absolute Gasteiger partial charge is 0.460 e. The minimum Gasteiger partial charge on any atom is -0.460 e. The third kappa shape index (κ3) is 10.8. The van der Waals surface area contributed by atoms with Gasteiger partial charge in [-0.15, -0.1) is 0 Å². The van der Waals surface area contributed by atoms with Crippen molar-refractivity contribution < 1.29 is 37.6 Å². The van der Waals surface area contributed by atoms with Gasteiger partial charge in [-0.1, -0.05) is 50.6 Å². The lowest BCUT2D eigenvalue weighted by Crippen LogP contribution is -2.49. The van der Waals surface area contributed by atoms with Gasteiger partial charge in [-0.2, -0.15) is 0 Å². The number of carbonyl (C=O) groups excluding carboxylic acids is 4. The number of rotatable bonds is 6. The van der Waals surface area contributed by atoms with Crippen molar-refractivity contribution in [2.24, 2.45) is 11.8 Å². The number of hydrogen-bond acceptors (Lipinski definition) is 10. The van der Waals surface area contributed by atoms with E-state index in [1.54, 1.807) is 25.2 Å². The summed E-state index contributed by atoms with van der Waals surface area (Å²) in [6.45, 7) is 8.55. The number of allylic oxidation sites excluding steroid dienone is 2. The maximum absolute atomic E-state index is 13.9. The number of cyclic esters (lactones) is 1. The first-order chi connectivity index (χ1) is 21.8. The number of ketones is 1. The molecule has 6 atom stereocenters. The summed E-state index contributed by atoms with van der Waals surface area (Å²) in [6.07, 6.45) is 8.12. The zero-order chi connectivity index (χ0) is 34.0. The third-order valence-electron chi connectivity index (χ3n) is 7.90. The van der Waals surface area contributed by atoms with Crippen molar-refractivity contribution in [1.82, 2.24) is 20.1 Å². The summed E-state index contributed by atoms with van der Waals surface area (Å²) in [6, 6.07) is -1.12. The average molecular weight is 661 g/mol. The third-order valence-corrected chi connectivity index (χ3v) is 9.76. The number of carbonyl (C=O) groups is 4. The molecule has 1 aromatic heterocycles. The molecule has 13 heteroatoms. The Hall–Kier alpha value is -3.42. The fourth-order valence-corrected chi connectivity index (χ4v) is 7.25. The van der Waals surface area contributed by atoms with Crippen LogP contribution in [0, 0.1) is 11.8 Å². The molecule has 254 valence electrons. The van der Waals surface area contributed by atoms with Gasteiger partial charge in [0.1, 0.15) is 24.2 Å². The van der Waals surface area contributed by atoms with Crippen molar-refractivity contribution >= 4 is 34.4 Å². The number of aliphatic hydroxyl groups excluding tert-OH is 1. The topological polar surface area (TPSA) is 159 Å². The number of nitrogens with one attached hydrogen (secondary N) is 1. The van der Waals surface area contributed by atoms with Crippen molar-refractivity contribution in [3.05, 3.63) is 53.8 Å². The van der Waals surface area contributed by atoms with Crippen LogP contribution in [0.3, 0.4) is 0 Å². The Morgan fingerprint density at radius 2 is 1.93 bits per heavy atom. The lowest BCUT2D eigenvalue weighted by Gasteiger charge is -2.31. The molecule has 3 heterocycles. The maximum Gasteiger partial charge on any atom is 0.330 e. The first-order valence-electron chi connectivity index (χ1n) is 15.7. The van der Waals surface area contributed by atoms with E-state index >= 15 is 0 Å². The van der Waals surface area contributed by atoms with Crippen LogP contribution in [0.5, 0.6) is 0 Å². The number of hydrogen-bond donors (Lipinski definition) is 2. The van der Waals surface area contributed by atoms with Gasteiger partial charge in [-0.05, 0) is 52.4 Å². The van der Waals surface area contributed by atoms with E-state index in [1.165, 1.54) is 17.1 Å². The van der Waals surface area contributed by atoms with Gasteiger partial charge in [0.2, 0.25) is 11.8 Å². The predicted molar refractivity (Wildman–Crippen MR) is 174 cm³/mol. The summed E-state index contributed by atoms with van der Waals surface area (Å²) in [5.74, 6) is -2.03. The molecule has 2 amide bonds. The molecule has 0 radical (unpaired) electrons. The molecule has 0 spiro atoms. The second-order valence-corrected chi connectivity index (χ2v) is 14.3. The molecule has 2 aliphatic heterocycles. The molecule has 0 aliphatic carbocycles. The molecule has 0 saturated carbocycles. The molecule has 12 nitrogen and oxygen atoms in total. The van der Waals surface area contributed by atoms with Crippen molar-refractivity contribution in [2.75, 3.05) is 39.5 Å². The van der Waals surface area contributed by atoms with E-state index in [-0.39, 0.29) is 61.0 Å². The summed E-state index contributed by atoms with van der Waals surface area (Å²) in [7, 11) is 2.43. The van der Waals surface area contributed by atoms with Gasteiger partial charge in [-0.25, -0.2) is 9.78 Å². The molecule has 1 fully saturated rings. The molecule has 0 aromatic carbocycles. The Kier molecular flexibility index (Phi) is 14.1.